The van der Waals surface area contributed by atoms with Gasteiger partial charge in [0.05, 0.1) is 16.9 Å². The van der Waals surface area contributed by atoms with E-state index in [4.69, 9.17) is 4.74 Å². The third-order valence-corrected chi connectivity index (χ3v) is 7.76. The molecule has 2 atom stereocenters. The van der Waals surface area contributed by atoms with Gasteiger partial charge in [-0.25, -0.2) is 13.1 Å². The molecule has 0 bridgehead atoms. The second-order valence-corrected chi connectivity index (χ2v) is 10.4. The zero-order valence-electron chi connectivity index (χ0n) is 18.8. The van der Waals surface area contributed by atoms with Crippen LogP contribution >= 0.6 is 0 Å². The minimum absolute atomic E-state index is 0.0809. The summed E-state index contributed by atoms with van der Waals surface area (Å²) < 4.78 is 33.0. The summed E-state index contributed by atoms with van der Waals surface area (Å²) in [7, 11) is -3.66. The van der Waals surface area contributed by atoms with Gasteiger partial charge in [-0.05, 0) is 68.1 Å². The second-order valence-electron chi connectivity index (χ2n) is 8.62. The molecule has 2 aromatic carbocycles. The molecule has 0 unspecified atom stereocenters. The average Bonchev–Trinajstić information content (AvgIpc) is 3.45. The van der Waals surface area contributed by atoms with E-state index in [1.807, 2.05) is 32.0 Å². The van der Waals surface area contributed by atoms with Crippen molar-refractivity contribution in [3.05, 3.63) is 53.6 Å². The highest BCUT2D eigenvalue weighted by Crippen LogP contribution is 2.30. The first-order valence-electron chi connectivity index (χ1n) is 11.1. The molecule has 176 valence electrons. The number of nitrogens with zero attached hydrogens (tertiary/aromatic N) is 1. The van der Waals surface area contributed by atoms with E-state index < -0.39 is 15.9 Å². The van der Waals surface area contributed by atoms with Crippen LogP contribution < -0.4 is 14.9 Å². The number of benzene rings is 2. The Kier molecular flexibility index (Phi) is 6.83. The molecule has 2 fully saturated rings. The van der Waals surface area contributed by atoms with Crippen molar-refractivity contribution >= 4 is 33.2 Å². The fourth-order valence-corrected chi connectivity index (χ4v) is 5.26. The van der Waals surface area contributed by atoms with E-state index in [0.29, 0.717) is 18.8 Å². The van der Waals surface area contributed by atoms with Gasteiger partial charge in [0.2, 0.25) is 21.8 Å². The van der Waals surface area contributed by atoms with E-state index >= 15 is 0 Å². The summed E-state index contributed by atoms with van der Waals surface area (Å²) >= 11 is 0. The number of rotatable bonds is 7. The molecule has 9 heteroatoms. The Labute approximate surface area is 194 Å². The van der Waals surface area contributed by atoms with Crippen molar-refractivity contribution in [3.63, 3.8) is 0 Å². The Morgan fingerprint density at radius 2 is 1.91 bits per heavy atom. The summed E-state index contributed by atoms with van der Waals surface area (Å²) in [4.78, 5) is 27.2. The Morgan fingerprint density at radius 1 is 1.15 bits per heavy atom. The maximum atomic E-state index is 12.8. The zero-order valence-corrected chi connectivity index (χ0v) is 19.7. The van der Waals surface area contributed by atoms with Gasteiger partial charge in [-0.3, -0.25) is 9.59 Å². The number of hydrogen-bond donors (Lipinski definition) is 2. The number of aryl methyl sites for hydroxylation is 1. The second kappa shape index (κ2) is 9.62. The van der Waals surface area contributed by atoms with E-state index in [2.05, 4.69) is 10.0 Å². The Hall–Kier alpha value is -2.75. The number of amides is 2. The van der Waals surface area contributed by atoms with Crippen LogP contribution in [0.3, 0.4) is 0 Å². The minimum Gasteiger partial charge on any atom is -0.377 e. The molecule has 0 radical (unpaired) electrons. The van der Waals surface area contributed by atoms with Crippen LogP contribution in [-0.4, -0.2) is 46.0 Å². The number of carbonyl (C=O) groups is 2. The fraction of sp³-hybridized carbons (Fsp3) is 0.417. The third kappa shape index (κ3) is 5.26. The summed E-state index contributed by atoms with van der Waals surface area (Å²) in [5.41, 5.74) is 3.43. The summed E-state index contributed by atoms with van der Waals surface area (Å²) in [6.07, 6.45) is 1.84. The predicted molar refractivity (Wildman–Crippen MR) is 126 cm³/mol. The van der Waals surface area contributed by atoms with Gasteiger partial charge in [0, 0.05) is 37.5 Å². The molecule has 0 saturated carbocycles. The fourth-order valence-electron chi connectivity index (χ4n) is 4.20. The lowest BCUT2D eigenvalue weighted by Crippen LogP contribution is -2.31. The maximum absolute atomic E-state index is 12.8. The molecule has 2 aromatic rings. The molecule has 2 aliphatic heterocycles. The molecule has 4 rings (SSSR count). The van der Waals surface area contributed by atoms with Crippen LogP contribution in [0.4, 0.5) is 11.4 Å². The number of hydrogen-bond acceptors (Lipinski definition) is 5. The van der Waals surface area contributed by atoms with Crippen LogP contribution in [0.2, 0.25) is 0 Å². The highest BCUT2D eigenvalue weighted by atomic mass is 32.2. The smallest absolute Gasteiger partial charge is 0.240 e. The summed E-state index contributed by atoms with van der Waals surface area (Å²) in [6, 6.07) is 11.8. The van der Waals surface area contributed by atoms with Crippen molar-refractivity contribution in [2.45, 2.75) is 44.1 Å². The van der Waals surface area contributed by atoms with Gasteiger partial charge in [0.15, 0.2) is 0 Å². The lowest BCUT2D eigenvalue weighted by atomic mass is 10.1. The standard InChI is InChI=1S/C24H29N3O5S/c1-16-5-3-7-22(17(16)2)27-15-18(13-23(27)28)24(29)26-19-8-10-21(11-9-19)33(30,31)25-14-20-6-4-12-32-20/h3,5,7-11,18,20,25H,4,6,12-15H2,1-2H3,(H,26,29)/t18-,20-/m0/s1. The highest BCUT2D eigenvalue weighted by Gasteiger charge is 2.35. The summed E-state index contributed by atoms with van der Waals surface area (Å²) in [5.74, 6) is -0.820. The molecular weight excluding hydrogens is 442 g/mol. The first-order valence-corrected chi connectivity index (χ1v) is 12.6. The molecule has 2 heterocycles. The average molecular weight is 472 g/mol. The molecule has 2 amide bonds. The van der Waals surface area contributed by atoms with E-state index in [9.17, 15) is 18.0 Å². The van der Waals surface area contributed by atoms with Crippen LogP contribution in [0.25, 0.3) is 0 Å². The van der Waals surface area contributed by atoms with Crippen LogP contribution in [0.15, 0.2) is 47.4 Å². The molecule has 0 spiro atoms. The Balaban J connectivity index is 1.36. The quantitative estimate of drug-likeness (QED) is 0.646. The number of carbonyl (C=O) groups excluding carboxylic acids is 2. The lowest BCUT2D eigenvalue weighted by molar-refractivity contribution is -0.122. The molecule has 2 aliphatic rings. The zero-order chi connectivity index (χ0) is 23.6. The monoisotopic (exact) mass is 471 g/mol. The first kappa shape index (κ1) is 23.4. The van der Waals surface area contributed by atoms with Gasteiger partial charge < -0.3 is 15.0 Å². The number of ether oxygens (including phenoxy) is 1. The van der Waals surface area contributed by atoms with Crippen molar-refractivity contribution < 1.29 is 22.7 Å². The number of nitrogens with one attached hydrogen (secondary N) is 2. The van der Waals surface area contributed by atoms with Gasteiger partial charge in [-0.2, -0.15) is 0 Å². The van der Waals surface area contributed by atoms with Crippen LogP contribution in [0.5, 0.6) is 0 Å². The van der Waals surface area contributed by atoms with Crippen LogP contribution in [-0.2, 0) is 24.3 Å². The van der Waals surface area contributed by atoms with Gasteiger partial charge >= 0.3 is 0 Å². The largest absolute Gasteiger partial charge is 0.377 e. The molecular formula is C24H29N3O5S. The predicted octanol–water partition coefficient (Wildman–Crippen LogP) is 2.75. The number of sulfonamides is 1. The van der Waals surface area contributed by atoms with Crippen molar-refractivity contribution in [3.8, 4) is 0 Å². The van der Waals surface area contributed by atoms with Crippen molar-refractivity contribution in [2.24, 2.45) is 5.92 Å². The molecule has 2 N–H and O–H groups in total. The topological polar surface area (TPSA) is 105 Å². The van der Waals surface area contributed by atoms with Crippen LogP contribution in [0.1, 0.15) is 30.4 Å². The summed E-state index contributed by atoms with van der Waals surface area (Å²) in [6.45, 7) is 5.18. The number of anilines is 2. The molecule has 33 heavy (non-hydrogen) atoms. The third-order valence-electron chi connectivity index (χ3n) is 6.32. The Morgan fingerprint density at radius 3 is 2.61 bits per heavy atom. The summed E-state index contributed by atoms with van der Waals surface area (Å²) in [5, 5.41) is 2.80. The van der Waals surface area contributed by atoms with Crippen molar-refractivity contribution in [1.29, 1.82) is 0 Å². The SMILES string of the molecule is Cc1cccc(N2C[C@@H](C(=O)Nc3ccc(S(=O)(=O)NC[C@@H]4CCCO4)cc3)CC2=O)c1C. The van der Waals surface area contributed by atoms with Gasteiger partial charge in [-0.1, -0.05) is 12.1 Å². The highest BCUT2D eigenvalue weighted by molar-refractivity contribution is 7.89. The van der Waals surface area contributed by atoms with Gasteiger partial charge in [0.25, 0.3) is 0 Å². The molecule has 2 saturated heterocycles. The van der Waals surface area contributed by atoms with Crippen molar-refractivity contribution in [1.82, 2.24) is 4.72 Å². The molecule has 0 aromatic heterocycles. The molecule has 8 nitrogen and oxygen atoms in total. The van der Waals surface area contributed by atoms with E-state index in [0.717, 1.165) is 29.7 Å². The van der Waals surface area contributed by atoms with Crippen LogP contribution in [0, 0.1) is 19.8 Å². The minimum atomic E-state index is -3.66. The van der Waals surface area contributed by atoms with Crippen molar-refractivity contribution in [2.75, 3.05) is 29.9 Å². The van der Waals surface area contributed by atoms with E-state index in [1.54, 1.807) is 17.0 Å². The van der Waals surface area contributed by atoms with Gasteiger partial charge in [0.1, 0.15) is 0 Å². The van der Waals surface area contributed by atoms with E-state index in [1.165, 1.54) is 12.1 Å². The normalized spacial score (nSPS) is 20.9. The maximum Gasteiger partial charge on any atom is 0.240 e. The first-order chi connectivity index (χ1) is 15.7. The van der Waals surface area contributed by atoms with Gasteiger partial charge in [-0.15, -0.1) is 0 Å². The Bertz CT molecular complexity index is 1140. The molecule has 0 aliphatic carbocycles. The lowest BCUT2D eigenvalue weighted by Gasteiger charge is -2.20. The van der Waals surface area contributed by atoms with E-state index in [-0.39, 0.29) is 35.8 Å².